The van der Waals surface area contributed by atoms with Crippen LogP contribution in [-0.2, 0) is 0 Å². The molecule has 1 rings (SSSR count). The van der Waals surface area contributed by atoms with Crippen molar-refractivity contribution in [1.29, 1.82) is 0 Å². The predicted octanol–water partition coefficient (Wildman–Crippen LogP) is 2.16. The molecule has 0 amide bonds. The standard InChI is InChI=1S/C6H2BF6/c8-4-2-6(10)5(9)1-3(4)7(11,12)13/h1-2H/q-1. The normalized spacial score (nSPS) is 11.8. The minimum absolute atomic E-state index is 0.125. The van der Waals surface area contributed by atoms with E-state index in [4.69, 9.17) is 0 Å². The molecule has 0 fully saturated rings. The summed E-state index contributed by atoms with van der Waals surface area (Å²) in [5.74, 6) is -5.15. The van der Waals surface area contributed by atoms with Crippen LogP contribution < -0.4 is 5.46 Å². The van der Waals surface area contributed by atoms with Crippen LogP contribution in [-0.4, -0.2) is 6.98 Å². The highest BCUT2D eigenvalue weighted by molar-refractivity contribution is 6.73. The van der Waals surface area contributed by atoms with Gasteiger partial charge in [-0.2, -0.15) is 0 Å². The average molecular weight is 199 g/mol. The molecule has 0 spiro atoms. The summed E-state index contributed by atoms with van der Waals surface area (Å²) in [5, 5.41) is 0. The first-order valence-corrected chi connectivity index (χ1v) is 3.16. The van der Waals surface area contributed by atoms with Crippen LogP contribution in [0.15, 0.2) is 12.1 Å². The molecule has 0 nitrogen and oxygen atoms in total. The highest BCUT2D eigenvalue weighted by atomic mass is 19.4. The number of hydrogen-bond acceptors (Lipinski definition) is 0. The van der Waals surface area contributed by atoms with E-state index >= 15 is 0 Å². The van der Waals surface area contributed by atoms with Gasteiger partial charge in [-0.05, 0) is 6.07 Å². The Morgan fingerprint density at radius 1 is 0.769 bits per heavy atom. The molecular weight excluding hydrogens is 197 g/mol. The van der Waals surface area contributed by atoms with Crippen LogP contribution in [0.4, 0.5) is 26.1 Å². The van der Waals surface area contributed by atoms with Crippen molar-refractivity contribution in [1.82, 2.24) is 0 Å². The Morgan fingerprint density at radius 2 is 1.23 bits per heavy atom. The molecule has 0 saturated carbocycles. The van der Waals surface area contributed by atoms with Crippen molar-refractivity contribution in [3.8, 4) is 0 Å². The second-order valence-electron chi connectivity index (χ2n) is 2.36. The molecule has 0 unspecified atom stereocenters. The van der Waals surface area contributed by atoms with Gasteiger partial charge in [0.15, 0.2) is 11.6 Å². The highest BCUT2D eigenvalue weighted by Gasteiger charge is 2.30. The van der Waals surface area contributed by atoms with Crippen molar-refractivity contribution >= 4 is 12.4 Å². The van der Waals surface area contributed by atoms with Gasteiger partial charge in [0.05, 0.1) is 5.82 Å². The van der Waals surface area contributed by atoms with Crippen LogP contribution in [0.25, 0.3) is 0 Å². The first-order valence-electron chi connectivity index (χ1n) is 3.16. The quantitative estimate of drug-likeness (QED) is 0.369. The molecule has 0 aliphatic heterocycles. The molecule has 0 bridgehead atoms. The summed E-state index contributed by atoms with van der Waals surface area (Å²) >= 11 is 0. The maximum Gasteiger partial charge on any atom is 0.512 e. The molecule has 72 valence electrons. The lowest BCUT2D eigenvalue weighted by Crippen LogP contribution is -2.37. The predicted molar refractivity (Wildman–Crippen MR) is 35.0 cm³/mol. The van der Waals surface area contributed by atoms with Gasteiger partial charge in [0, 0.05) is 6.07 Å². The second-order valence-corrected chi connectivity index (χ2v) is 2.36. The molecule has 13 heavy (non-hydrogen) atoms. The molecule has 7 heteroatoms. The summed E-state index contributed by atoms with van der Waals surface area (Å²) in [4.78, 5) is 0. The first kappa shape index (κ1) is 9.95. The summed E-state index contributed by atoms with van der Waals surface area (Å²) in [6, 6.07) is -0.315. The lowest BCUT2D eigenvalue weighted by atomic mass is 9.79. The summed E-state index contributed by atoms with van der Waals surface area (Å²) in [6.45, 7) is -5.64. The van der Waals surface area contributed by atoms with Gasteiger partial charge in [-0.3, -0.25) is 0 Å². The third kappa shape index (κ3) is 1.96. The van der Waals surface area contributed by atoms with Gasteiger partial charge in [0.25, 0.3) is 0 Å². The van der Waals surface area contributed by atoms with E-state index in [9.17, 15) is 26.1 Å². The largest absolute Gasteiger partial charge is 0.512 e. The molecule has 0 aliphatic rings. The Kier molecular flexibility index (Phi) is 2.27. The Labute approximate surface area is 69.2 Å². The molecule has 0 aromatic heterocycles. The van der Waals surface area contributed by atoms with E-state index in [1.807, 2.05) is 0 Å². The van der Waals surface area contributed by atoms with Gasteiger partial charge < -0.3 is 12.9 Å². The Hall–Kier alpha value is -1.14. The molecular formula is C6H2BF6-. The topological polar surface area (TPSA) is 0 Å². The van der Waals surface area contributed by atoms with Crippen LogP contribution in [0.3, 0.4) is 0 Å². The van der Waals surface area contributed by atoms with Gasteiger partial charge in [-0.15, -0.1) is 0 Å². The molecule has 0 atom stereocenters. The van der Waals surface area contributed by atoms with Gasteiger partial charge >= 0.3 is 6.98 Å². The van der Waals surface area contributed by atoms with Crippen molar-refractivity contribution in [3.63, 3.8) is 0 Å². The number of hydrogen-bond donors (Lipinski definition) is 0. The van der Waals surface area contributed by atoms with E-state index in [1.54, 1.807) is 0 Å². The minimum atomic E-state index is -5.64. The zero-order valence-corrected chi connectivity index (χ0v) is 6.00. The van der Waals surface area contributed by atoms with E-state index < -0.39 is 29.9 Å². The fourth-order valence-electron chi connectivity index (χ4n) is 0.789. The van der Waals surface area contributed by atoms with Gasteiger partial charge in [-0.1, -0.05) is 5.46 Å². The van der Waals surface area contributed by atoms with E-state index in [0.717, 1.165) is 0 Å². The van der Waals surface area contributed by atoms with Crippen molar-refractivity contribution in [2.45, 2.75) is 0 Å². The Morgan fingerprint density at radius 3 is 1.69 bits per heavy atom. The van der Waals surface area contributed by atoms with Gasteiger partial charge in [0.2, 0.25) is 0 Å². The smallest absolute Gasteiger partial charge is 0.445 e. The molecule has 1 aromatic rings. The van der Waals surface area contributed by atoms with Crippen molar-refractivity contribution in [2.75, 3.05) is 0 Å². The van der Waals surface area contributed by atoms with Crippen molar-refractivity contribution in [2.24, 2.45) is 0 Å². The minimum Gasteiger partial charge on any atom is -0.445 e. The number of halogens is 6. The van der Waals surface area contributed by atoms with E-state index in [1.165, 1.54) is 0 Å². The molecule has 0 radical (unpaired) electrons. The van der Waals surface area contributed by atoms with E-state index in [0.29, 0.717) is 0 Å². The number of rotatable bonds is 1. The van der Waals surface area contributed by atoms with Crippen LogP contribution in [0.1, 0.15) is 0 Å². The summed E-state index contributed by atoms with van der Waals surface area (Å²) in [7, 11) is 0. The summed E-state index contributed by atoms with van der Waals surface area (Å²) < 4.78 is 72.5. The Balaban J connectivity index is 3.32. The number of benzene rings is 1. The van der Waals surface area contributed by atoms with E-state index in [-0.39, 0.29) is 12.1 Å². The van der Waals surface area contributed by atoms with Crippen LogP contribution in [0.5, 0.6) is 0 Å². The zero-order valence-electron chi connectivity index (χ0n) is 6.00. The fraction of sp³-hybridized carbons (Fsp3) is 0. The molecule has 1 aromatic carbocycles. The third-order valence-corrected chi connectivity index (χ3v) is 1.39. The fourth-order valence-corrected chi connectivity index (χ4v) is 0.789. The summed E-state index contributed by atoms with van der Waals surface area (Å²) in [5.41, 5.74) is -1.75. The zero-order chi connectivity index (χ0) is 10.2. The van der Waals surface area contributed by atoms with Crippen molar-refractivity contribution < 1.29 is 26.1 Å². The highest BCUT2D eigenvalue weighted by Crippen LogP contribution is 2.14. The maximum absolute atomic E-state index is 12.4. The van der Waals surface area contributed by atoms with Crippen LogP contribution in [0, 0.1) is 17.5 Å². The van der Waals surface area contributed by atoms with Gasteiger partial charge in [0.1, 0.15) is 0 Å². The summed E-state index contributed by atoms with van der Waals surface area (Å²) in [6.07, 6.45) is 0. The maximum atomic E-state index is 12.4. The second kappa shape index (κ2) is 2.97. The lowest BCUT2D eigenvalue weighted by molar-refractivity contribution is 0.478. The molecule has 0 heterocycles. The van der Waals surface area contributed by atoms with Crippen LogP contribution in [0.2, 0.25) is 0 Å². The molecule has 0 N–H and O–H groups in total. The molecule has 0 saturated heterocycles. The average Bonchev–Trinajstić information content (AvgIpc) is 1.94. The van der Waals surface area contributed by atoms with E-state index in [2.05, 4.69) is 0 Å². The lowest BCUT2D eigenvalue weighted by Gasteiger charge is -2.15. The molecule has 0 aliphatic carbocycles. The third-order valence-electron chi connectivity index (χ3n) is 1.39. The first-order chi connectivity index (χ1) is 5.82. The SMILES string of the molecule is Fc1cc(F)c([B-](F)(F)F)cc1F. The van der Waals surface area contributed by atoms with Crippen LogP contribution >= 0.6 is 0 Å². The van der Waals surface area contributed by atoms with Crippen molar-refractivity contribution in [3.05, 3.63) is 29.6 Å². The Bertz CT molecular complexity index is 331. The van der Waals surface area contributed by atoms with Gasteiger partial charge in [-0.25, -0.2) is 13.2 Å². The monoisotopic (exact) mass is 199 g/mol.